The number of hydrogen-bond acceptors (Lipinski definition) is 4. The van der Waals surface area contributed by atoms with Crippen LogP contribution in [0.25, 0.3) is 16.9 Å². The van der Waals surface area contributed by atoms with Crippen molar-refractivity contribution in [2.45, 2.75) is 33.2 Å². The molecule has 7 nitrogen and oxygen atoms in total. The Balaban J connectivity index is 1.32. The molecule has 0 saturated carbocycles. The van der Waals surface area contributed by atoms with Gasteiger partial charge in [-0.05, 0) is 48.1 Å². The average molecular weight is 578 g/mol. The number of fused-ring (bicyclic) bond motifs is 1. The monoisotopic (exact) mass is 577 g/mol. The number of nitrogens with zero attached hydrogens (tertiary/aromatic N) is 5. The predicted molar refractivity (Wildman–Crippen MR) is 147 cm³/mol. The van der Waals surface area contributed by atoms with Crippen LogP contribution in [0.15, 0.2) is 54.9 Å². The van der Waals surface area contributed by atoms with Crippen LogP contribution in [0.4, 0.5) is 23.2 Å². The van der Waals surface area contributed by atoms with Crippen LogP contribution in [-0.2, 0) is 11.2 Å². The summed E-state index contributed by atoms with van der Waals surface area (Å²) in [5.41, 5.74) is 2.21. The molecule has 2 aliphatic rings. The third kappa shape index (κ3) is 4.53. The number of hydrogen-bond donors (Lipinski definition) is 0. The Morgan fingerprint density at radius 1 is 0.952 bits per heavy atom. The molecule has 2 atom stereocenters. The Bertz CT molecular complexity index is 1690. The van der Waals surface area contributed by atoms with Crippen molar-refractivity contribution in [3.8, 4) is 16.9 Å². The number of piperidine rings is 1. The largest absolute Gasteiger partial charge is 0.337 e. The first-order chi connectivity index (χ1) is 20.0. The van der Waals surface area contributed by atoms with E-state index in [2.05, 4.69) is 10.1 Å². The second-order valence-electron chi connectivity index (χ2n) is 11.1. The molecular formula is C31H27F4N5O2. The molecule has 4 aromatic rings. The third-order valence-electron chi connectivity index (χ3n) is 8.11. The summed E-state index contributed by atoms with van der Waals surface area (Å²) in [6, 6.07) is 9.61. The summed E-state index contributed by atoms with van der Waals surface area (Å²) in [6.45, 7) is 6.05. The van der Waals surface area contributed by atoms with E-state index in [-0.39, 0.29) is 54.7 Å². The van der Waals surface area contributed by atoms with Gasteiger partial charge in [0.25, 0.3) is 5.91 Å². The van der Waals surface area contributed by atoms with Crippen molar-refractivity contribution in [1.29, 1.82) is 0 Å². The Morgan fingerprint density at radius 2 is 1.64 bits per heavy atom. The van der Waals surface area contributed by atoms with Crippen molar-refractivity contribution in [1.82, 2.24) is 19.7 Å². The lowest BCUT2D eigenvalue weighted by molar-refractivity contribution is -0.118. The van der Waals surface area contributed by atoms with Gasteiger partial charge in [-0.25, -0.2) is 22.2 Å². The fraction of sp³-hybridized carbons (Fsp3) is 0.290. The van der Waals surface area contributed by atoms with Crippen LogP contribution >= 0.6 is 0 Å². The highest BCUT2D eigenvalue weighted by Gasteiger charge is 2.44. The molecule has 216 valence electrons. The summed E-state index contributed by atoms with van der Waals surface area (Å²) in [5.74, 6) is -5.78. The molecular weight excluding hydrogens is 550 g/mol. The summed E-state index contributed by atoms with van der Waals surface area (Å²) in [4.78, 5) is 34.1. The summed E-state index contributed by atoms with van der Waals surface area (Å²) >= 11 is 0. The van der Waals surface area contributed by atoms with Gasteiger partial charge in [-0.15, -0.1) is 0 Å². The van der Waals surface area contributed by atoms with Crippen LogP contribution < -0.4 is 4.90 Å². The molecule has 2 unspecified atom stereocenters. The highest BCUT2D eigenvalue weighted by molar-refractivity contribution is 6.02. The van der Waals surface area contributed by atoms with Gasteiger partial charge in [-0.2, -0.15) is 5.10 Å². The number of halogens is 4. The van der Waals surface area contributed by atoms with E-state index in [1.165, 1.54) is 16.9 Å². The van der Waals surface area contributed by atoms with Crippen LogP contribution in [0, 0.1) is 42.0 Å². The predicted octanol–water partition coefficient (Wildman–Crippen LogP) is 5.49. The fourth-order valence-corrected chi connectivity index (χ4v) is 6.25. The minimum Gasteiger partial charge on any atom is -0.337 e. The van der Waals surface area contributed by atoms with E-state index in [1.54, 1.807) is 47.2 Å². The number of aromatic nitrogens is 3. The van der Waals surface area contributed by atoms with Gasteiger partial charge in [0.15, 0.2) is 23.1 Å². The molecule has 0 bridgehead atoms. The van der Waals surface area contributed by atoms with Crippen LogP contribution in [0.1, 0.15) is 35.5 Å². The van der Waals surface area contributed by atoms with Crippen molar-refractivity contribution >= 4 is 17.5 Å². The molecule has 11 heteroatoms. The van der Waals surface area contributed by atoms with Crippen molar-refractivity contribution < 1.29 is 27.2 Å². The molecule has 0 radical (unpaired) electrons. The van der Waals surface area contributed by atoms with Crippen LogP contribution in [0.5, 0.6) is 0 Å². The molecule has 2 aromatic heterocycles. The number of carbonyl (C=O) groups excluding carboxylic acids is 2. The molecule has 1 fully saturated rings. The van der Waals surface area contributed by atoms with Crippen molar-refractivity contribution in [3.63, 3.8) is 0 Å². The summed E-state index contributed by atoms with van der Waals surface area (Å²) in [7, 11) is 0. The lowest BCUT2D eigenvalue weighted by Crippen LogP contribution is -2.57. The van der Waals surface area contributed by atoms with Gasteiger partial charge in [-0.1, -0.05) is 26.0 Å². The van der Waals surface area contributed by atoms with E-state index in [4.69, 9.17) is 0 Å². The Hall–Kier alpha value is -4.54. The SMILES string of the molecule is Cc1ccc2c(c1F)N(C1C(C)CN(C(=O)c3cc(-c4cccnc4)n(-c4cc(F)c(F)c(F)c4)n3)CC1C)C(=O)C2. The minimum atomic E-state index is -1.61. The molecule has 0 spiro atoms. The third-order valence-corrected chi connectivity index (χ3v) is 8.11. The number of aryl methyl sites for hydroxylation is 1. The molecule has 4 heterocycles. The molecule has 0 N–H and O–H groups in total. The van der Waals surface area contributed by atoms with Crippen molar-refractivity contribution in [2.24, 2.45) is 11.8 Å². The molecule has 6 rings (SSSR count). The molecule has 2 amide bonds. The summed E-state index contributed by atoms with van der Waals surface area (Å²) in [6.07, 6.45) is 3.20. The second kappa shape index (κ2) is 10.4. The van der Waals surface area contributed by atoms with Crippen molar-refractivity contribution in [3.05, 3.63) is 94.9 Å². The van der Waals surface area contributed by atoms with Gasteiger partial charge < -0.3 is 9.80 Å². The van der Waals surface area contributed by atoms with Crippen LogP contribution in [0.3, 0.4) is 0 Å². The Kier molecular flexibility index (Phi) is 6.83. The molecule has 2 aromatic carbocycles. The maximum absolute atomic E-state index is 15.2. The normalized spacial score (nSPS) is 20.3. The first kappa shape index (κ1) is 27.6. The first-order valence-electron chi connectivity index (χ1n) is 13.6. The smallest absolute Gasteiger partial charge is 0.274 e. The van der Waals surface area contributed by atoms with Gasteiger partial charge in [0.2, 0.25) is 5.91 Å². The van der Waals surface area contributed by atoms with E-state index in [0.29, 0.717) is 28.1 Å². The Morgan fingerprint density at radius 3 is 2.29 bits per heavy atom. The van der Waals surface area contributed by atoms with Crippen LogP contribution in [-0.4, -0.2) is 50.6 Å². The van der Waals surface area contributed by atoms with E-state index >= 15 is 4.39 Å². The van der Waals surface area contributed by atoms with Gasteiger partial charge in [0.05, 0.1) is 23.5 Å². The van der Waals surface area contributed by atoms with Crippen LogP contribution in [0.2, 0.25) is 0 Å². The molecule has 2 aliphatic heterocycles. The summed E-state index contributed by atoms with van der Waals surface area (Å²) < 4.78 is 58.4. The second-order valence-corrected chi connectivity index (χ2v) is 11.1. The first-order valence-corrected chi connectivity index (χ1v) is 13.6. The number of carbonyl (C=O) groups is 2. The van der Waals surface area contributed by atoms with E-state index in [0.717, 1.165) is 12.1 Å². The highest BCUT2D eigenvalue weighted by atomic mass is 19.2. The number of amides is 2. The van der Waals surface area contributed by atoms with Gasteiger partial charge in [0.1, 0.15) is 5.82 Å². The average Bonchev–Trinajstić information content (AvgIpc) is 3.55. The zero-order valence-corrected chi connectivity index (χ0v) is 23.1. The number of benzene rings is 2. The number of pyridine rings is 1. The molecule has 42 heavy (non-hydrogen) atoms. The van der Waals surface area contributed by atoms with E-state index < -0.39 is 29.2 Å². The van der Waals surface area contributed by atoms with Gasteiger partial charge in [-0.3, -0.25) is 14.6 Å². The van der Waals surface area contributed by atoms with E-state index in [1.807, 2.05) is 13.8 Å². The van der Waals surface area contributed by atoms with Gasteiger partial charge >= 0.3 is 0 Å². The maximum Gasteiger partial charge on any atom is 0.274 e. The Labute approximate surface area is 239 Å². The maximum atomic E-state index is 15.2. The lowest BCUT2D eigenvalue weighted by atomic mass is 9.84. The highest BCUT2D eigenvalue weighted by Crippen LogP contribution is 2.40. The van der Waals surface area contributed by atoms with Crippen molar-refractivity contribution in [2.75, 3.05) is 18.0 Å². The minimum absolute atomic E-state index is 0.0149. The molecule has 1 saturated heterocycles. The molecule has 0 aliphatic carbocycles. The zero-order valence-electron chi connectivity index (χ0n) is 23.1. The number of rotatable bonds is 4. The zero-order chi connectivity index (χ0) is 29.9. The lowest BCUT2D eigenvalue weighted by Gasteiger charge is -2.45. The fourth-order valence-electron chi connectivity index (χ4n) is 6.25. The standard InChI is InChI=1S/C31H27F4N5O2/c1-16-6-7-19-9-26(41)39(30(19)27(16)34)29-17(2)14-38(15-18(29)3)31(42)24-12-25(20-5-4-8-36-13-20)40(37-24)21-10-22(32)28(35)23(33)11-21/h4-8,10-13,17-18,29H,9,14-15H2,1-3H3. The number of anilines is 1. The topological polar surface area (TPSA) is 71.3 Å². The summed E-state index contributed by atoms with van der Waals surface area (Å²) in [5, 5.41) is 4.38. The van der Waals surface area contributed by atoms with Gasteiger partial charge in [0, 0.05) is 49.2 Å². The van der Waals surface area contributed by atoms with E-state index in [9.17, 15) is 22.8 Å². The number of likely N-dealkylation sites (tertiary alicyclic amines) is 1. The quantitative estimate of drug-likeness (QED) is 0.238.